The number of aromatic nitrogens is 3. The van der Waals surface area contributed by atoms with Crippen LogP contribution >= 0.6 is 0 Å². The lowest BCUT2D eigenvalue weighted by atomic mass is 10.2. The zero-order valence-electron chi connectivity index (χ0n) is 15.0. The van der Waals surface area contributed by atoms with Crippen LogP contribution < -0.4 is 16.5 Å². The molecule has 2 aromatic rings. The van der Waals surface area contributed by atoms with Crippen LogP contribution in [0.2, 0.25) is 0 Å². The summed E-state index contributed by atoms with van der Waals surface area (Å²) in [5.74, 6) is -0.896. The van der Waals surface area contributed by atoms with Crippen LogP contribution in [-0.2, 0) is 7.05 Å². The number of pyridine rings is 1. The topological polar surface area (TPSA) is 131 Å². The molecule has 4 N–H and O–H groups in total. The Kier molecular flexibility index (Phi) is 5.27. The summed E-state index contributed by atoms with van der Waals surface area (Å²) < 4.78 is 1.46. The van der Waals surface area contributed by atoms with Gasteiger partial charge in [-0.15, -0.1) is 0 Å². The summed E-state index contributed by atoms with van der Waals surface area (Å²) in [7, 11) is 3.39. The summed E-state index contributed by atoms with van der Waals surface area (Å²) in [6.45, 7) is 0.905. The van der Waals surface area contributed by atoms with Crippen molar-refractivity contribution in [3.8, 4) is 0 Å². The van der Waals surface area contributed by atoms with Gasteiger partial charge in [-0.3, -0.25) is 24.7 Å². The molecule has 3 heterocycles. The molecule has 0 saturated heterocycles. The first-order valence-corrected chi connectivity index (χ1v) is 8.24. The predicted molar refractivity (Wildman–Crippen MR) is 101 cm³/mol. The summed E-state index contributed by atoms with van der Waals surface area (Å²) in [6, 6.07) is 5.02. The summed E-state index contributed by atoms with van der Waals surface area (Å²) in [6.07, 6.45) is 4.54. The van der Waals surface area contributed by atoms with Crippen LogP contribution in [0.4, 0.5) is 5.69 Å². The van der Waals surface area contributed by atoms with Crippen molar-refractivity contribution in [2.45, 2.75) is 0 Å². The summed E-state index contributed by atoms with van der Waals surface area (Å²) in [5.41, 5.74) is 10.1. The lowest BCUT2D eigenvalue weighted by Crippen LogP contribution is -2.41. The quantitative estimate of drug-likeness (QED) is 0.601. The van der Waals surface area contributed by atoms with Gasteiger partial charge in [-0.25, -0.2) is 9.99 Å². The Morgan fingerprint density at radius 1 is 1.19 bits per heavy atom. The number of fused-ring (bicyclic) bond motifs is 3. The highest BCUT2D eigenvalue weighted by molar-refractivity contribution is 6.10. The third-order valence-corrected chi connectivity index (χ3v) is 3.84. The van der Waals surface area contributed by atoms with Gasteiger partial charge in [-0.2, -0.15) is 5.10 Å². The molecular formula is C17H20N8O2. The van der Waals surface area contributed by atoms with E-state index < -0.39 is 11.8 Å². The average molecular weight is 368 g/mol. The molecule has 2 bridgehead atoms. The Labute approximate surface area is 155 Å². The second-order valence-corrected chi connectivity index (χ2v) is 5.95. The SMILES string of the molecule is CN1CCN=CC(=CN)c2cccc(n2)C(=O)Nc2cn(C)nc2C(=O)N1. The van der Waals surface area contributed by atoms with E-state index in [1.165, 1.54) is 10.9 Å². The van der Waals surface area contributed by atoms with E-state index in [4.69, 9.17) is 5.73 Å². The molecule has 10 heteroatoms. The largest absolute Gasteiger partial charge is 0.404 e. The number of amides is 2. The molecule has 1 aliphatic rings. The Bertz CT molecular complexity index is 931. The molecule has 0 fully saturated rings. The Hall–Kier alpha value is -3.53. The Morgan fingerprint density at radius 2 is 1.96 bits per heavy atom. The number of likely N-dealkylation sites (N-methyl/N-ethyl adjacent to an activating group) is 1. The molecule has 3 rings (SSSR count). The molecule has 2 aromatic heterocycles. The molecule has 0 atom stereocenters. The maximum Gasteiger partial charge on any atom is 0.288 e. The molecule has 0 aliphatic carbocycles. The Morgan fingerprint density at radius 3 is 2.74 bits per heavy atom. The van der Waals surface area contributed by atoms with E-state index in [0.717, 1.165) is 0 Å². The molecule has 2 amide bonds. The number of rotatable bonds is 0. The lowest BCUT2D eigenvalue weighted by molar-refractivity contribution is 0.0827. The van der Waals surface area contributed by atoms with Crippen molar-refractivity contribution in [1.29, 1.82) is 0 Å². The Balaban J connectivity index is 2.02. The van der Waals surface area contributed by atoms with Gasteiger partial charge < -0.3 is 11.1 Å². The average Bonchev–Trinajstić information content (AvgIpc) is 3.01. The van der Waals surface area contributed by atoms with Crippen molar-refractivity contribution in [1.82, 2.24) is 25.2 Å². The molecule has 1 aliphatic heterocycles. The van der Waals surface area contributed by atoms with Gasteiger partial charge in [0.2, 0.25) is 0 Å². The van der Waals surface area contributed by atoms with Crippen LogP contribution in [0.1, 0.15) is 26.7 Å². The van der Waals surface area contributed by atoms with E-state index in [1.54, 1.807) is 49.7 Å². The number of anilines is 1. The van der Waals surface area contributed by atoms with E-state index in [1.807, 2.05) is 0 Å². The highest BCUT2D eigenvalue weighted by Crippen LogP contribution is 2.16. The number of nitrogens with one attached hydrogen (secondary N) is 2. The van der Waals surface area contributed by atoms with Crippen molar-refractivity contribution in [2.75, 3.05) is 25.5 Å². The minimum absolute atomic E-state index is 0.106. The van der Waals surface area contributed by atoms with E-state index >= 15 is 0 Å². The van der Waals surface area contributed by atoms with E-state index in [9.17, 15) is 9.59 Å². The van der Waals surface area contributed by atoms with E-state index in [0.29, 0.717) is 30.0 Å². The fraction of sp³-hybridized carbons (Fsp3) is 0.235. The molecule has 140 valence electrons. The van der Waals surface area contributed by atoms with Crippen molar-refractivity contribution >= 4 is 29.3 Å². The number of aryl methyl sites for hydroxylation is 1. The number of allylic oxidation sites excluding steroid dienone is 1. The first-order chi connectivity index (χ1) is 13.0. The predicted octanol–water partition coefficient (Wildman–Crippen LogP) is 0.0280. The minimum Gasteiger partial charge on any atom is -0.404 e. The lowest BCUT2D eigenvalue weighted by Gasteiger charge is -2.16. The highest BCUT2D eigenvalue weighted by atomic mass is 16.2. The number of nitrogens with two attached hydrogens (primary N) is 1. The van der Waals surface area contributed by atoms with Gasteiger partial charge in [0.25, 0.3) is 11.8 Å². The molecule has 0 unspecified atom stereocenters. The maximum atomic E-state index is 12.6. The summed E-state index contributed by atoms with van der Waals surface area (Å²) in [5, 5.41) is 8.42. The number of carbonyl (C=O) groups excluding carboxylic acids is 2. The zero-order chi connectivity index (χ0) is 19.4. The molecule has 0 radical (unpaired) electrons. The molecule has 0 saturated carbocycles. The second kappa shape index (κ2) is 7.79. The number of nitrogens with zero attached hydrogens (tertiary/aromatic N) is 5. The highest BCUT2D eigenvalue weighted by Gasteiger charge is 2.20. The van der Waals surface area contributed by atoms with Crippen molar-refractivity contribution < 1.29 is 9.59 Å². The van der Waals surface area contributed by atoms with Crippen LogP contribution in [0.5, 0.6) is 0 Å². The van der Waals surface area contributed by atoms with Crippen LogP contribution in [-0.4, -0.2) is 57.9 Å². The van der Waals surface area contributed by atoms with Gasteiger partial charge in [-0.1, -0.05) is 6.07 Å². The van der Waals surface area contributed by atoms with Crippen molar-refractivity contribution in [3.63, 3.8) is 0 Å². The minimum atomic E-state index is -0.463. The first kappa shape index (κ1) is 18.3. The van der Waals surface area contributed by atoms with Gasteiger partial charge >= 0.3 is 0 Å². The normalized spacial score (nSPS) is 17.6. The summed E-state index contributed by atoms with van der Waals surface area (Å²) >= 11 is 0. The number of aliphatic imine (C=N–C) groups is 1. The van der Waals surface area contributed by atoms with Crippen LogP contribution in [0.25, 0.3) is 5.57 Å². The standard InChI is InChI=1S/C17H20N8O2/c1-24-7-6-19-9-11(8-18)12-4-3-5-13(20-12)16(26)21-14-10-25(2)22-15(14)17(27)23-24/h3-5,8-10H,6-7,18H2,1-2H3,(H,21,26)(H,23,27). The third kappa shape index (κ3) is 4.18. The van der Waals surface area contributed by atoms with Gasteiger partial charge in [0.05, 0.1) is 17.9 Å². The van der Waals surface area contributed by atoms with E-state index in [-0.39, 0.29) is 11.4 Å². The molecule has 10 nitrogen and oxygen atoms in total. The van der Waals surface area contributed by atoms with Crippen molar-refractivity contribution in [3.05, 3.63) is 47.7 Å². The fourth-order valence-corrected chi connectivity index (χ4v) is 2.50. The van der Waals surface area contributed by atoms with Gasteiger partial charge in [-0.05, 0) is 12.1 Å². The van der Waals surface area contributed by atoms with Crippen LogP contribution in [0.3, 0.4) is 0 Å². The molecule has 0 aromatic carbocycles. The number of carbonyl (C=O) groups is 2. The van der Waals surface area contributed by atoms with Crippen LogP contribution in [0, 0.1) is 0 Å². The maximum absolute atomic E-state index is 12.6. The second-order valence-electron chi connectivity index (χ2n) is 5.95. The van der Waals surface area contributed by atoms with Crippen LogP contribution in [0.15, 0.2) is 35.6 Å². The van der Waals surface area contributed by atoms with E-state index in [2.05, 4.69) is 25.8 Å². The first-order valence-electron chi connectivity index (χ1n) is 8.24. The van der Waals surface area contributed by atoms with Crippen molar-refractivity contribution in [2.24, 2.45) is 17.8 Å². The number of hydrogen-bond acceptors (Lipinski definition) is 7. The summed E-state index contributed by atoms with van der Waals surface area (Å²) in [4.78, 5) is 33.8. The monoisotopic (exact) mass is 368 g/mol. The third-order valence-electron chi connectivity index (χ3n) is 3.84. The fourth-order valence-electron chi connectivity index (χ4n) is 2.50. The molecule has 27 heavy (non-hydrogen) atoms. The molecule has 0 spiro atoms. The smallest absolute Gasteiger partial charge is 0.288 e. The van der Waals surface area contributed by atoms with Gasteiger partial charge in [0.1, 0.15) is 5.69 Å². The molecular weight excluding hydrogens is 348 g/mol. The van der Waals surface area contributed by atoms with Gasteiger partial charge in [0, 0.05) is 44.8 Å². The number of hydrogen-bond donors (Lipinski definition) is 3. The number of hydrazine groups is 1. The zero-order valence-corrected chi connectivity index (χ0v) is 15.0. The van der Waals surface area contributed by atoms with Gasteiger partial charge in [0.15, 0.2) is 5.69 Å².